The molecule has 2 N–H and O–H groups in total. The van der Waals surface area contributed by atoms with Gasteiger partial charge in [-0.3, -0.25) is 0 Å². The average Bonchev–Trinajstić information content (AvgIpc) is 2.99. The van der Waals surface area contributed by atoms with Crippen LogP contribution in [0.1, 0.15) is 50.8 Å². The second kappa shape index (κ2) is 5.84. The molecule has 1 heterocycles. The molecule has 3 rings (SSSR count). The van der Waals surface area contributed by atoms with Gasteiger partial charge in [0.2, 0.25) is 0 Å². The molecule has 2 atom stereocenters. The molecule has 112 valence electrons. The van der Waals surface area contributed by atoms with Crippen LogP contribution in [0.25, 0.3) is 11.5 Å². The number of nitrogens with two attached hydrogens (primary N) is 1. The van der Waals surface area contributed by atoms with Crippen molar-refractivity contribution < 1.29 is 8.91 Å². The van der Waals surface area contributed by atoms with Gasteiger partial charge >= 0.3 is 0 Å². The molecule has 0 amide bonds. The highest BCUT2D eigenvalue weighted by atomic mass is 19.1. The molecule has 1 aromatic carbocycles. The summed E-state index contributed by atoms with van der Waals surface area (Å²) in [6.45, 7) is 2.22. The van der Waals surface area contributed by atoms with Crippen LogP contribution in [0.4, 0.5) is 10.1 Å². The molecule has 1 fully saturated rings. The maximum absolute atomic E-state index is 13.8. The Morgan fingerprint density at radius 3 is 3.05 bits per heavy atom. The first kappa shape index (κ1) is 14.0. The highest BCUT2D eigenvalue weighted by molar-refractivity contribution is 5.60. The van der Waals surface area contributed by atoms with Gasteiger partial charge in [0.25, 0.3) is 5.89 Å². The molecular weight excluding hydrogens is 269 g/mol. The van der Waals surface area contributed by atoms with Gasteiger partial charge in [-0.2, -0.15) is 4.98 Å². The minimum atomic E-state index is -0.394. The smallest absolute Gasteiger partial charge is 0.260 e. The quantitative estimate of drug-likeness (QED) is 0.862. The van der Waals surface area contributed by atoms with Gasteiger partial charge in [0.15, 0.2) is 5.82 Å². The summed E-state index contributed by atoms with van der Waals surface area (Å²) in [4.78, 5) is 4.40. The van der Waals surface area contributed by atoms with Gasteiger partial charge < -0.3 is 10.3 Å². The van der Waals surface area contributed by atoms with Crippen molar-refractivity contribution in [3.63, 3.8) is 0 Å². The van der Waals surface area contributed by atoms with Crippen LogP contribution < -0.4 is 5.73 Å². The Morgan fingerprint density at radius 1 is 1.38 bits per heavy atom. The third kappa shape index (κ3) is 2.91. The number of nitrogen functional groups attached to an aromatic ring is 1. The van der Waals surface area contributed by atoms with Crippen molar-refractivity contribution in [3.05, 3.63) is 29.8 Å². The summed E-state index contributed by atoms with van der Waals surface area (Å²) in [6, 6.07) is 4.37. The fraction of sp³-hybridized carbons (Fsp3) is 0.500. The van der Waals surface area contributed by atoms with E-state index in [-0.39, 0.29) is 11.5 Å². The summed E-state index contributed by atoms with van der Waals surface area (Å²) in [5.41, 5.74) is 6.45. The number of rotatable bonds is 3. The fourth-order valence-corrected chi connectivity index (χ4v) is 3.11. The molecule has 5 heteroatoms. The molecule has 0 radical (unpaired) electrons. The Bertz CT molecular complexity index is 626. The van der Waals surface area contributed by atoms with Crippen LogP contribution >= 0.6 is 0 Å². The Hall–Kier alpha value is -1.91. The lowest BCUT2D eigenvalue weighted by molar-refractivity contribution is 0.300. The zero-order valence-corrected chi connectivity index (χ0v) is 12.2. The second-order valence-electron chi connectivity index (χ2n) is 5.83. The minimum Gasteiger partial charge on any atom is -0.399 e. The van der Waals surface area contributed by atoms with E-state index in [1.807, 2.05) is 0 Å². The van der Waals surface area contributed by atoms with Crippen molar-refractivity contribution in [2.75, 3.05) is 5.73 Å². The van der Waals surface area contributed by atoms with Gasteiger partial charge in [-0.15, -0.1) is 0 Å². The Balaban J connectivity index is 1.84. The number of halogens is 1. The Morgan fingerprint density at radius 2 is 2.24 bits per heavy atom. The van der Waals surface area contributed by atoms with Crippen molar-refractivity contribution in [1.29, 1.82) is 0 Å². The summed E-state index contributed by atoms with van der Waals surface area (Å²) >= 11 is 0. The molecule has 0 bridgehead atoms. The van der Waals surface area contributed by atoms with Crippen molar-refractivity contribution in [2.24, 2.45) is 5.92 Å². The zero-order valence-electron chi connectivity index (χ0n) is 12.2. The molecule has 1 saturated carbocycles. The van der Waals surface area contributed by atoms with Gasteiger partial charge in [0.05, 0.1) is 5.56 Å². The van der Waals surface area contributed by atoms with Crippen LogP contribution in [-0.4, -0.2) is 10.1 Å². The van der Waals surface area contributed by atoms with Crippen molar-refractivity contribution in [2.45, 2.75) is 44.9 Å². The molecule has 1 aliphatic rings. The first-order chi connectivity index (χ1) is 10.2. The Labute approximate surface area is 123 Å². The highest BCUT2D eigenvalue weighted by Crippen LogP contribution is 2.37. The van der Waals surface area contributed by atoms with E-state index in [1.54, 1.807) is 0 Å². The molecule has 2 unspecified atom stereocenters. The van der Waals surface area contributed by atoms with Gasteiger partial charge in [-0.05, 0) is 37.0 Å². The van der Waals surface area contributed by atoms with E-state index in [1.165, 1.54) is 37.5 Å². The molecule has 4 nitrogen and oxygen atoms in total. The SMILES string of the molecule is CCC1CCCC(c2noc(-c3cc(N)ccc3F)n2)C1. The standard InChI is InChI=1S/C16H20FN3O/c1-2-10-4-3-5-11(8-10)15-19-16(21-20-15)13-9-12(18)6-7-14(13)17/h6-7,9-11H,2-5,8,18H2,1H3. The van der Waals surface area contributed by atoms with E-state index in [0.717, 1.165) is 18.8 Å². The molecule has 2 aromatic rings. The number of aromatic nitrogens is 2. The number of nitrogens with zero attached hydrogens (tertiary/aromatic N) is 2. The molecule has 0 saturated heterocycles. The topological polar surface area (TPSA) is 64.9 Å². The average molecular weight is 289 g/mol. The zero-order chi connectivity index (χ0) is 14.8. The van der Waals surface area contributed by atoms with E-state index < -0.39 is 5.82 Å². The third-order valence-corrected chi connectivity index (χ3v) is 4.39. The third-order valence-electron chi connectivity index (χ3n) is 4.39. The van der Waals surface area contributed by atoms with Crippen LogP contribution in [0.2, 0.25) is 0 Å². The summed E-state index contributed by atoms with van der Waals surface area (Å²) in [5.74, 6) is 1.58. The lowest BCUT2D eigenvalue weighted by atomic mass is 9.80. The van der Waals surface area contributed by atoms with Gasteiger partial charge in [0, 0.05) is 11.6 Å². The van der Waals surface area contributed by atoms with Crippen molar-refractivity contribution in [1.82, 2.24) is 10.1 Å². The number of hydrogen-bond acceptors (Lipinski definition) is 4. The van der Waals surface area contributed by atoms with Crippen LogP contribution in [0.15, 0.2) is 22.7 Å². The van der Waals surface area contributed by atoms with Gasteiger partial charge in [-0.25, -0.2) is 4.39 Å². The van der Waals surface area contributed by atoms with Gasteiger partial charge in [-0.1, -0.05) is 31.3 Å². The van der Waals surface area contributed by atoms with Gasteiger partial charge in [0.1, 0.15) is 5.82 Å². The summed E-state index contributed by atoms with van der Waals surface area (Å²) < 4.78 is 19.1. The predicted molar refractivity (Wildman–Crippen MR) is 79.1 cm³/mol. The van der Waals surface area contributed by atoms with Crippen LogP contribution in [0, 0.1) is 11.7 Å². The normalized spacial score (nSPS) is 22.4. The first-order valence-electron chi connectivity index (χ1n) is 7.56. The molecule has 1 aliphatic carbocycles. The largest absolute Gasteiger partial charge is 0.399 e. The Kier molecular flexibility index (Phi) is 3.90. The number of hydrogen-bond donors (Lipinski definition) is 1. The van der Waals surface area contributed by atoms with Crippen LogP contribution in [0.5, 0.6) is 0 Å². The van der Waals surface area contributed by atoms with Crippen molar-refractivity contribution in [3.8, 4) is 11.5 Å². The fourth-order valence-electron chi connectivity index (χ4n) is 3.11. The lowest BCUT2D eigenvalue weighted by Crippen LogP contribution is -2.14. The lowest BCUT2D eigenvalue weighted by Gasteiger charge is -2.26. The van der Waals surface area contributed by atoms with E-state index in [9.17, 15) is 4.39 Å². The molecule has 0 spiro atoms. The van der Waals surface area contributed by atoms with Crippen LogP contribution in [-0.2, 0) is 0 Å². The molecule has 1 aromatic heterocycles. The second-order valence-corrected chi connectivity index (χ2v) is 5.83. The maximum Gasteiger partial charge on any atom is 0.260 e. The number of benzene rings is 1. The van der Waals surface area contributed by atoms with E-state index in [0.29, 0.717) is 17.4 Å². The van der Waals surface area contributed by atoms with Crippen LogP contribution in [0.3, 0.4) is 0 Å². The molecule has 0 aliphatic heterocycles. The summed E-state index contributed by atoms with van der Waals surface area (Å²) in [6.07, 6.45) is 5.83. The van der Waals surface area contributed by atoms with E-state index >= 15 is 0 Å². The monoisotopic (exact) mass is 289 g/mol. The van der Waals surface area contributed by atoms with E-state index in [4.69, 9.17) is 10.3 Å². The number of anilines is 1. The first-order valence-corrected chi connectivity index (χ1v) is 7.56. The van der Waals surface area contributed by atoms with Crippen molar-refractivity contribution >= 4 is 5.69 Å². The molecule has 21 heavy (non-hydrogen) atoms. The predicted octanol–water partition coefficient (Wildman–Crippen LogP) is 4.14. The summed E-state index contributed by atoms with van der Waals surface area (Å²) in [5, 5.41) is 4.06. The molecular formula is C16H20FN3O. The minimum absolute atomic E-state index is 0.216. The maximum atomic E-state index is 13.8. The highest BCUT2D eigenvalue weighted by Gasteiger charge is 2.26. The van der Waals surface area contributed by atoms with E-state index in [2.05, 4.69) is 17.1 Å². The summed E-state index contributed by atoms with van der Waals surface area (Å²) in [7, 11) is 0.